The van der Waals surface area contributed by atoms with E-state index in [-0.39, 0.29) is 24.2 Å². The molecular formula is C14H18O4. The lowest BCUT2D eigenvalue weighted by atomic mass is 9.94. The van der Waals surface area contributed by atoms with E-state index in [1.165, 1.54) is 0 Å². The summed E-state index contributed by atoms with van der Waals surface area (Å²) in [5, 5.41) is 27.4. The van der Waals surface area contributed by atoms with Gasteiger partial charge in [0, 0.05) is 5.56 Å². The topological polar surface area (TPSA) is 77.8 Å². The number of benzene rings is 1. The maximum Gasteiger partial charge on any atom is 0.306 e. The number of carbonyl (C=O) groups is 1. The van der Waals surface area contributed by atoms with Crippen molar-refractivity contribution in [2.24, 2.45) is 17.8 Å². The number of hydrogen-bond donors (Lipinski definition) is 3. The summed E-state index contributed by atoms with van der Waals surface area (Å²) in [6.45, 7) is 1.87. The van der Waals surface area contributed by atoms with Crippen molar-refractivity contribution < 1.29 is 20.1 Å². The molecule has 0 spiro atoms. The molecule has 0 aromatic heterocycles. The van der Waals surface area contributed by atoms with Gasteiger partial charge in [-0.25, -0.2) is 0 Å². The molecule has 0 amide bonds. The second-order valence-corrected chi connectivity index (χ2v) is 5.15. The van der Waals surface area contributed by atoms with Crippen molar-refractivity contribution in [3.63, 3.8) is 0 Å². The summed E-state index contributed by atoms with van der Waals surface area (Å²) in [6.07, 6.45) is 1.54. The third-order valence-electron chi connectivity index (χ3n) is 3.76. The van der Waals surface area contributed by atoms with E-state index in [1.807, 2.05) is 6.07 Å². The van der Waals surface area contributed by atoms with Crippen LogP contribution in [0, 0.1) is 17.8 Å². The molecule has 2 rings (SSSR count). The van der Waals surface area contributed by atoms with Gasteiger partial charge in [0.05, 0.1) is 12.5 Å². The van der Waals surface area contributed by atoms with Crippen LogP contribution in [0.5, 0.6) is 5.75 Å². The van der Waals surface area contributed by atoms with Gasteiger partial charge < -0.3 is 15.3 Å². The molecule has 0 saturated heterocycles. The predicted molar refractivity (Wildman–Crippen MR) is 66.1 cm³/mol. The molecule has 1 aromatic carbocycles. The SMILES string of the molecule is CC(Cc1ccc(O)c(CO)c1)C1CC1C(=O)O. The number of carboxylic acids is 1. The van der Waals surface area contributed by atoms with Gasteiger partial charge in [0.15, 0.2) is 0 Å². The fourth-order valence-electron chi connectivity index (χ4n) is 2.54. The van der Waals surface area contributed by atoms with Gasteiger partial charge in [0.1, 0.15) is 5.75 Å². The van der Waals surface area contributed by atoms with E-state index in [1.54, 1.807) is 12.1 Å². The second kappa shape index (κ2) is 4.98. The first-order valence-corrected chi connectivity index (χ1v) is 6.17. The van der Waals surface area contributed by atoms with Crippen LogP contribution in [0.2, 0.25) is 0 Å². The Labute approximate surface area is 106 Å². The summed E-state index contributed by atoms with van der Waals surface area (Å²) >= 11 is 0. The normalized spacial score (nSPS) is 23.7. The third-order valence-corrected chi connectivity index (χ3v) is 3.76. The first-order chi connectivity index (χ1) is 8.52. The lowest BCUT2D eigenvalue weighted by Crippen LogP contribution is -2.08. The molecule has 1 aliphatic rings. The van der Waals surface area contributed by atoms with Crippen LogP contribution in [0.3, 0.4) is 0 Å². The molecule has 1 saturated carbocycles. The lowest BCUT2D eigenvalue weighted by Gasteiger charge is -2.12. The minimum Gasteiger partial charge on any atom is -0.508 e. The van der Waals surface area contributed by atoms with Crippen LogP contribution in [0.1, 0.15) is 24.5 Å². The fourth-order valence-corrected chi connectivity index (χ4v) is 2.54. The summed E-state index contributed by atoms with van der Waals surface area (Å²) in [6, 6.07) is 5.18. The Morgan fingerprint density at radius 2 is 2.22 bits per heavy atom. The number of carboxylic acid groups (broad SMARTS) is 1. The van der Waals surface area contributed by atoms with Crippen LogP contribution in [0.4, 0.5) is 0 Å². The van der Waals surface area contributed by atoms with E-state index in [9.17, 15) is 9.90 Å². The Morgan fingerprint density at radius 1 is 1.50 bits per heavy atom. The van der Waals surface area contributed by atoms with Crippen molar-refractivity contribution in [1.29, 1.82) is 0 Å². The quantitative estimate of drug-likeness (QED) is 0.744. The van der Waals surface area contributed by atoms with Gasteiger partial charge in [-0.15, -0.1) is 0 Å². The van der Waals surface area contributed by atoms with Crippen LogP contribution >= 0.6 is 0 Å². The molecule has 98 valence electrons. The highest BCUT2D eigenvalue weighted by molar-refractivity contribution is 5.73. The van der Waals surface area contributed by atoms with Gasteiger partial charge in [-0.1, -0.05) is 13.0 Å². The molecule has 4 heteroatoms. The highest BCUT2D eigenvalue weighted by Crippen LogP contribution is 2.45. The number of rotatable bonds is 5. The molecule has 4 nitrogen and oxygen atoms in total. The highest BCUT2D eigenvalue weighted by atomic mass is 16.4. The standard InChI is InChI=1S/C14H18O4/c1-8(11-6-12(11)14(17)18)4-9-2-3-13(16)10(5-9)7-15/h2-3,5,8,11-12,15-16H,4,6-7H2,1H3,(H,17,18). The molecule has 0 aliphatic heterocycles. The van der Waals surface area contributed by atoms with E-state index in [0.717, 1.165) is 18.4 Å². The van der Waals surface area contributed by atoms with E-state index in [2.05, 4.69) is 6.92 Å². The van der Waals surface area contributed by atoms with Gasteiger partial charge in [0.2, 0.25) is 0 Å². The molecule has 3 N–H and O–H groups in total. The second-order valence-electron chi connectivity index (χ2n) is 5.15. The van der Waals surface area contributed by atoms with Crippen LogP contribution in [-0.4, -0.2) is 21.3 Å². The van der Waals surface area contributed by atoms with Gasteiger partial charge in [-0.05, 0) is 42.4 Å². The first kappa shape index (κ1) is 12.9. The van der Waals surface area contributed by atoms with E-state index in [0.29, 0.717) is 11.5 Å². The summed E-state index contributed by atoms with van der Waals surface area (Å²) in [5.74, 6) is -0.220. The fraction of sp³-hybridized carbons (Fsp3) is 0.500. The molecule has 0 heterocycles. The van der Waals surface area contributed by atoms with E-state index in [4.69, 9.17) is 10.2 Å². The number of aromatic hydroxyl groups is 1. The van der Waals surface area contributed by atoms with Crippen LogP contribution < -0.4 is 0 Å². The van der Waals surface area contributed by atoms with Crippen LogP contribution in [-0.2, 0) is 17.8 Å². The van der Waals surface area contributed by atoms with E-state index < -0.39 is 5.97 Å². The smallest absolute Gasteiger partial charge is 0.306 e. The van der Waals surface area contributed by atoms with Gasteiger partial charge in [-0.3, -0.25) is 4.79 Å². The van der Waals surface area contributed by atoms with E-state index >= 15 is 0 Å². The van der Waals surface area contributed by atoms with Crippen LogP contribution in [0.25, 0.3) is 0 Å². The molecule has 1 aromatic rings. The number of hydrogen-bond acceptors (Lipinski definition) is 3. The van der Waals surface area contributed by atoms with Crippen molar-refractivity contribution in [2.45, 2.75) is 26.4 Å². The maximum absolute atomic E-state index is 10.8. The summed E-state index contributed by atoms with van der Waals surface area (Å²) in [4.78, 5) is 10.8. The molecule has 0 bridgehead atoms. The highest BCUT2D eigenvalue weighted by Gasteiger charge is 2.45. The van der Waals surface area contributed by atoms with Crippen molar-refractivity contribution in [3.8, 4) is 5.75 Å². The number of aliphatic hydroxyl groups is 1. The van der Waals surface area contributed by atoms with Crippen molar-refractivity contribution in [2.75, 3.05) is 0 Å². The maximum atomic E-state index is 10.8. The van der Waals surface area contributed by atoms with Crippen molar-refractivity contribution in [1.82, 2.24) is 0 Å². The molecular weight excluding hydrogens is 232 g/mol. The summed E-state index contributed by atoms with van der Waals surface area (Å²) in [5.41, 5.74) is 1.55. The van der Waals surface area contributed by atoms with Crippen LogP contribution in [0.15, 0.2) is 18.2 Å². The zero-order chi connectivity index (χ0) is 13.3. The summed E-state index contributed by atoms with van der Waals surface area (Å²) in [7, 11) is 0. The molecule has 3 atom stereocenters. The third kappa shape index (κ3) is 2.64. The Hall–Kier alpha value is -1.55. The monoisotopic (exact) mass is 250 g/mol. The average molecular weight is 250 g/mol. The number of aliphatic carboxylic acids is 1. The predicted octanol–water partition coefficient (Wildman–Crippen LogP) is 1.78. The minimum atomic E-state index is -0.700. The number of aliphatic hydroxyl groups excluding tert-OH is 1. The Balaban J connectivity index is 1.99. The van der Waals surface area contributed by atoms with Crippen molar-refractivity contribution >= 4 is 5.97 Å². The average Bonchev–Trinajstić information content (AvgIpc) is 3.11. The molecule has 3 unspecified atom stereocenters. The Bertz CT molecular complexity index is 455. The zero-order valence-electron chi connectivity index (χ0n) is 10.3. The Morgan fingerprint density at radius 3 is 2.78 bits per heavy atom. The molecule has 0 radical (unpaired) electrons. The van der Waals surface area contributed by atoms with Crippen molar-refractivity contribution in [3.05, 3.63) is 29.3 Å². The van der Waals surface area contributed by atoms with Gasteiger partial charge in [0.25, 0.3) is 0 Å². The zero-order valence-corrected chi connectivity index (χ0v) is 10.3. The minimum absolute atomic E-state index is 0.101. The largest absolute Gasteiger partial charge is 0.508 e. The Kier molecular flexibility index (Phi) is 3.57. The van der Waals surface area contributed by atoms with Gasteiger partial charge >= 0.3 is 5.97 Å². The van der Waals surface area contributed by atoms with Gasteiger partial charge in [-0.2, -0.15) is 0 Å². The number of phenols is 1. The molecule has 1 fully saturated rings. The summed E-state index contributed by atoms with van der Waals surface area (Å²) < 4.78 is 0. The lowest BCUT2D eigenvalue weighted by molar-refractivity contribution is -0.139. The molecule has 1 aliphatic carbocycles. The first-order valence-electron chi connectivity index (χ1n) is 6.17. The molecule has 18 heavy (non-hydrogen) atoms.